The Labute approximate surface area is 178 Å². The number of thioether (sulfide) groups is 2. The summed E-state index contributed by atoms with van der Waals surface area (Å²) in [6.07, 6.45) is 2.30. The van der Waals surface area contributed by atoms with E-state index in [9.17, 15) is 10.1 Å². The lowest BCUT2D eigenvalue weighted by molar-refractivity contribution is -0.120. The zero-order chi connectivity index (χ0) is 19.9. The predicted octanol–water partition coefficient (Wildman–Crippen LogP) is 5.21. The van der Waals surface area contributed by atoms with Crippen LogP contribution in [0.15, 0.2) is 64.0 Å². The number of rotatable bonds is 7. The first-order valence-corrected chi connectivity index (χ1v) is 11.3. The number of hydrogen-bond donors (Lipinski definition) is 1. The van der Waals surface area contributed by atoms with Gasteiger partial charge in [-0.2, -0.15) is 5.26 Å². The average molecular weight is 431 g/mol. The molecule has 1 aliphatic heterocycles. The van der Waals surface area contributed by atoms with E-state index in [4.69, 9.17) is 16.3 Å². The molecule has 1 aliphatic rings. The van der Waals surface area contributed by atoms with Gasteiger partial charge < -0.3 is 10.1 Å². The number of nitrogens with one attached hydrogen (secondary N) is 1. The maximum atomic E-state index is 12.2. The number of amides is 1. The van der Waals surface area contributed by atoms with Crippen molar-refractivity contribution in [3.63, 3.8) is 0 Å². The number of nitriles is 1. The number of carbonyl (C=O) groups is 1. The quantitative estimate of drug-likeness (QED) is 0.482. The van der Waals surface area contributed by atoms with Crippen LogP contribution in [0.25, 0.3) is 0 Å². The lowest BCUT2D eigenvalue weighted by Gasteiger charge is -2.25. The van der Waals surface area contributed by atoms with Crippen molar-refractivity contribution in [2.24, 2.45) is 0 Å². The van der Waals surface area contributed by atoms with Crippen molar-refractivity contribution in [3.8, 4) is 11.8 Å². The van der Waals surface area contributed by atoms with Crippen LogP contribution in [0, 0.1) is 11.3 Å². The second-order valence-corrected chi connectivity index (χ2v) is 8.45. The Kier molecular flexibility index (Phi) is 7.32. The molecule has 1 heterocycles. The third-order valence-electron chi connectivity index (χ3n) is 4.30. The van der Waals surface area contributed by atoms with E-state index < -0.39 is 0 Å². The van der Waals surface area contributed by atoms with Gasteiger partial charge in [-0.05, 0) is 36.1 Å². The summed E-state index contributed by atoms with van der Waals surface area (Å²) in [6, 6.07) is 17.6. The maximum absolute atomic E-state index is 12.2. The van der Waals surface area contributed by atoms with E-state index in [1.165, 1.54) is 11.8 Å². The summed E-state index contributed by atoms with van der Waals surface area (Å²) in [5.74, 6) is 0.914. The van der Waals surface area contributed by atoms with Crippen LogP contribution in [-0.2, 0) is 4.79 Å². The summed E-state index contributed by atoms with van der Waals surface area (Å²) in [4.78, 5) is 13.4. The van der Waals surface area contributed by atoms with Crippen LogP contribution in [0.5, 0.6) is 5.75 Å². The molecule has 2 aromatic rings. The molecular weight excluding hydrogens is 412 g/mol. The summed E-state index contributed by atoms with van der Waals surface area (Å²) in [5, 5.41) is 13.7. The molecule has 0 spiro atoms. The topological polar surface area (TPSA) is 62.1 Å². The minimum Gasteiger partial charge on any atom is -0.491 e. The molecule has 4 nitrogen and oxygen atoms in total. The highest BCUT2D eigenvalue weighted by Crippen LogP contribution is 2.36. The Morgan fingerprint density at radius 1 is 1.25 bits per heavy atom. The van der Waals surface area contributed by atoms with E-state index in [1.807, 2.05) is 48.7 Å². The Balaban J connectivity index is 1.70. The highest BCUT2D eigenvalue weighted by Gasteiger charge is 2.29. The Bertz CT molecular complexity index is 923. The van der Waals surface area contributed by atoms with E-state index in [-0.39, 0.29) is 18.2 Å². The molecule has 3 rings (SSSR count). The summed E-state index contributed by atoms with van der Waals surface area (Å²) in [7, 11) is 0. The number of ether oxygens (including phenoxy) is 1. The van der Waals surface area contributed by atoms with Gasteiger partial charge in [-0.3, -0.25) is 4.79 Å². The molecule has 0 unspecified atom stereocenters. The highest BCUT2D eigenvalue weighted by atomic mass is 35.5. The van der Waals surface area contributed by atoms with Gasteiger partial charge in [-0.1, -0.05) is 35.9 Å². The summed E-state index contributed by atoms with van der Waals surface area (Å²) >= 11 is 9.16. The fraction of sp³-hybridized carbons (Fsp3) is 0.238. The summed E-state index contributed by atoms with van der Waals surface area (Å²) in [6.45, 7) is 0.416. The van der Waals surface area contributed by atoms with E-state index in [0.29, 0.717) is 33.7 Å². The van der Waals surface area contributed by atoms with Crippen LogP contribution >= 0.6 is 35.1 Å². The standard InChI is InChI=1S/C21H19ClN2O2S2/c1-27-15-8-6-14(7-9-15)16-12-20(25)24-21(17(16)13-23)28-11-10-26-19-5-3-2-4-18(19)22/h2-9,16H,10-12H2,1H3,(H,24,25)/t16-/m1/s1. The van der Waals surface area contributed by atoms with Crippen molar-refractivity contribution < 1.29 is 9.53 Å². The SMILES string of the molecule is CSc1ccc([C@H]2CC(=O)NC(SCCOc3ccccc3Cl)=C2C#N)cc1. The molecule has 0 saturated carbocycles. The second kappa shape index (κ2) is 9.92. The molecule has 0 aliphatic carbocycles. The van der Waals surface area contributed by atoms with Crippen molar-refractivity contribution in [2.45, 2.75) is 17.2 Å². The van der Waals surface area contributed by atoms with Crippen LogP contribution in [0.2, 0.25) is 5.02 Å². The minimum atomic E-state index is -0.221. The normalized spacial score (nSPS) is 16.5. The lowest BCUT2D eigenvalue weighted by atomic mass is 9.87. The smallest absolute Gasteiger partial charge is 0.225 e. The van der Waals surface area contributed by atoms with Gasteiger partial charge in [0.25, 0.3) is 0 Å². The maximum Gasteiger partial charge on any atom is 0.225 e. The van der Waals surface area contributed by atoms with Crippen molar-refractivity contribution in [3.05, 3.63) is 69.7 Å². The predicted molar refractivity (Wildman–Crippen MR) is 116 cm³/mol. The lowest BCUT2D eigenvalue weighted by Crippen LogP contribution is -2.31. The van der Waals surface area contributed by atoms with Gasteiger partial charge in [-0.15, -0.1) is 23.5 Å². The summed E-state index contributed by atoms with van der Waals surface area (Å²) in [5.41, 5.74) is 1.58. The van der Waals surface area contributed by atoms with Crippen LogP contribution < -0.4 is 10.1 Å². The van der Waals surface area contributed by atoms with Gasteiger partial charge in [0.05, 0.1) is 28.3 Å². The largest absolute Gasteiger partial charge is 0.491 e. The molecule has 144 valence electrons. The van der Waals surface area contributed by atoms with Crippen LogP contribution in [0.3, 0.4) is 0 Å². The van der Waals surface area contributed by atoms with E-state index in [1.54, 1.807) is 17.8 Å². The Morgan fingerprint density at radius 3 is 2.68 bits per heavy atom. The molecule has 7 heteroatoms. The molecule has 0 bridgehead atoms. The van der Waals surface area contributed by atoms with Crippen LogP contribution in [0.4, 0.5) is 0 Å². The first-order valence-electron chi connectivity index (χ1n) is 8.70. The Hall–Kier alpha value is -2.07. The van der Waals surface area contributed by atoms with Crippen molar-refractivity contribution in [2.75, 3.05) is 18.6 Å². The minimum absolute atomic E-state index is 0.0764. The van der Waals surface area contributed by atoms with E-state index >= 15 is 0 Å². The molecule has 2 aromatic carbocycles. The fourth-order valence-corrected chi connectivity index (χ4v) is 4.41. The number of nitrogens with zero attached hydrogens (tertiary/aromatic N) is 1. The molecule has 1 N–H and O–H groups in total. The average Bonchev–Trinajstić information content (AvgIpc) is 2.72. The summed E-state index contributed by atoms with van der Waals surface area (Å²) < 4.78 is 5.69. The van der Waals surface area contributed by atoms with Gasteiger partial charge in [0.15, 0.2) is 0 Å². The molecule has 1 atom stereocenters. The van der Waals surface area contributed by atoms with Crippen LogP contribution in [0.1, 0.15) is 17.9 Å². The molecule has 0 saturated heterocycles. The number of allylic oxidation sites excluding steroid dienone is 1. The molecule has 0 fully saturated rings. The van der Waals surface area contributed by atoms with Gasteiger partial charge in [0, 0.05) is 23.0 Å². The number of para-hydroxylation sites is 1. The third-order valence-corrected chi connectivity index (χ3v) is 6.34. The van der Waals surface area contributed by atoms with Gasteiger partial charge in [-0.25, -0.2) is 0 Å². The van der Waals surface area contributed by atoms with Gasteiger partial charge >= 0.3 is 0 Å². The number of benzene rings is 2. The molecular formula is C21H19ClN2O2S2. The van der Waals surface area contributed by atoms with Gasteiger partial charge in [0.1, 0.15) is 5.75 Å². The molecule has 0 aromatic heterocycles. The Morgan fingerprint density at radius 2 is 2.00 bits per heavy atom. The zero-order valence-electron chi connectivity index (χ0n) is 15.3. The molecule has 1 amide bonds. The second-order valence-electron chi connectivity index (χ2n) is 6.06. The number of carbonyl (C=O) groups excluding carboxylic acids is 1. The number of hydrogen-bond acceptors (Lipinski definition) is 5. The highest BCUT2D eigenvalue weighted by molar-refractivity contribution is 8.03. The van der Waals surface area contributed by atoms with Crippen LogP contribution in [-0.4, -0.2) is 24.5 Å². The first kappa shape index (κ1) is 20.7. The fourth-order valence-electron chi connectivity index (χ4n) is 2.91. The van der Waals surface area contributed by atoms with Gasteiger partial charge in [0.2, 0.25) is 5.91 Å². The van der Waals surface area contributed by atoms with Crippen molar-refractivity contribution in [1.82, 2.24) is 5.32 Å². The first-order chi connectivity index (χ1) is 13.6. The number of halogens is 1. The van der Waals surface area contributed by atoms with E-state index in [0.717, 1.165) is 10.5 Å². The molecule has 28 heavy (non-hydrogen) atoms. The zero-order valence-corrected chi connectivity index (χ0v) is 17.7. The third kappa shape index (κ3) is 5.05. The monoisotopic (exact) mass is 430 g/mol. The molecule has 0 radical (unpaired) electrons. The van der Waals surface area contributed by atoms with Crippen molar-refractivity contribution >= 4 is 41.0 Å². The van der Waals surface area contributed by atoms with Crippen molar-refractivity contribution in [1.29, 1.82) is 5.26 Å². The van der Waals surface area contributed by atoms with E-state index in [2.05, 4.69) is 11.4 Å².